The first-order chi connectivity index (χ1) is 10.2. The Labute approximate surface area is 125 Å². The van der Waals surface area contributed by atoms with Gasteiger partial charge in [0.05, 0.1) is 0 Å². The van der Waals surface area contributed by atoms with Crippen LogP contribution >= 0.6 is 0 Å². The average Bonchev–Trinajstić information content (AvgIpc) is 2.51. The number of benzene rings is 1. The van der Waals surface area contributed by atoms with Crippen molar-refractivity contribution in [1.29, 1.82) is 0 Å². The molecule has 1 aliphatic rings. The molecular formula is C19H18O2. The van der Waals surface area contributed by atoms with Gasteiger partial charge >= 0.3 is 0 Å². The lowest BCUT2D eigenvalue weighted by Crippen LogP contribution is -2.19. The van der Waals surface area contributed by atoms with Gasteiger partial charge in [-0.3, -0.25) is 9.59 Å². The molecule has 1 aromatic rings. The molecule has 1 aliphatic carbocycles. The molecule has 0 saturated carbocycles. The smallest absolute Gasteiger partial charge is 0.190 e. The predicted molar refractivity (Wildman–Crippen MR) is 85.5 cm³/mol. The molecule has 0 spiro atoms. The number of Topliss-reactive ketones (excluding diaryl/α,β-unsaturated/α-hetero) is 2. The van der Waals surface area contributed by atoms with Crippen LogP contribution < -0.4 is 0 Å². The van der Waals surface area contributed by atoms with Crippen LogP contribution in [0.1, 0.15) is 40.5 Å². The Morgan fingerprint density at radius 3 is 2.57 bits per heavy atom. The summed E-state index contributed by atoms with van der Waals surface area (Å²) in [5.41, 5.74) is 2.63. The first-order valence-corrected chi connectivity index (χ1v) is 7.03. The minimum Gasteiger partial charge on any atom is -0.294 e. The zero-order valence-corrected chi connectivity index (χ0v) is 12.1. The van der Waals surface area contributed by atoms with Crippen molar-refractivity contribution in [2.75, 3.05) is 0 Å². The van der Waals surface area contributed by atoms with Crippen LogP contribution in [0.25, 0.3) is 0 Å². The van der Waals surface area contributed by atoms with Gasteiger partial charge in [-0.2, -0.15) is 0 Å². The van der Waals surface area contributed by atoms with E-state index < -0.39 is 0 Å². The van der Waals surface area contributed by atoms with E-state index >= 15 is 0 Å². The van der Waals surface area contributed by atoms with Gasteiger partial charge in [-0.25, -0.2) is 0 Å². The van der Waals surface area contributed by atoms with E-state index in [-0.39, 0.29) is 18.0 Å². The number of fused-ring (bicyclic) bond motifs is 1. The van der Waals surface area contributed by atoms with Crippen molar-refractivity contribution in [2.24, 2.45) is 0 Å². The summed E-state index contributed by atoms with van der Waals surface area (Å²) in [6.45, 7) is 5.64. The lowest BCUT2D eigenvalue weighted by molar-refractivity contribution is 0.0935. The molecule has 21 heavy (non-hydrogen) atoms. The largest absolute Gasteiger partial charge is 0.294 e. The Morgan fingerprint density at radius 1 is 1.19 bits per heavy atom. The number of carbonyl (C=O) groups is 2. The maximum absolute atomic E-state index is 12.5. The number of allylic oxidation sites excluding steroid dienone is 7. The molecule has 2 heteroatoms. The Hall–Kier alpha value is -2.48. The second-order valence-corrected chi connectivity index (χ2v) is 4.86. The normalized spacial score (nSPS) is 17.4. The Morgan fingerprint density at radius 2 is 1.90 bits per heavy atom. The summed E-state index contributed by atoms with van der Waals surface area (Å²) in [5, 5.41) is 0. The summed E-state index contributed by atoms with van der Waals surface area (Å²) in [4.78, 5) is 24.6. The molecule has 0 N–H and O–H groups in total. The lowest BCUT2D eigenvalue weighted by Gasteiger charge is -2.16. The first kappa shape index (κ1) is 14.9. The molecule has 0 bridgehead atoms. The fraction of sp³-hybridized carbons (Fsp3) is 0.158. The standard InChI is InChI=1S/C19H18O2/c1-3-5-6-9-14(4-2)12-15-13-18(20)16-10-7-8-11-17(16)19(15)21/h3,5-12H,1,4,13H2,2H3/b6-5-,14-9+,15-12+. The fourth-order valence-electron chi connectivity index (χ4n) is 2.31. The zero-order chi connectivity index (χ0) is 15.2. The van der Waals surface area contributed by atoms with Gasteiger partial charge in [-0.1, -0.05) is 68.1 Å². The first-order valence-electron chi connectivity index (χ1n) is 7.03. The van der Waals surface area contributed by atoms with Gasteiger partial charge in [0.1, 0.15) is 0 Å². The molecule has 106 valence electrons. The molecule has 2 nitrogen and oxygen atoms in total. The minimum atomic E-state index is -0.0442. The highest BCUT2D eigenvalue weighted by Gasteiger charge is 2.27. The summed E-state index contributed by atoms with van der Waals surface area (Å²) in [7, 11) is 0. The van der Waals surface area contributed by atoms with E-state index in [0.29, 0.717) is 16.7 Å². The van der Waals surface area contributed by atoms with Crippen LogP contribution in [0.4, 0.5) is 0 Å². The minimum absolute atomic E-state index is 0.00790. The highest BCUT2D eigenvalue weighted by Crippen LogP contribution is 2.26. The number of rotatable bonds is 4. The van der Waals surface area contributed by atoms with Crippen molar-refractivity contribution in [2.45, 2.75) is 19.8 Å². The molecule has 0 heterocycles. The third kappa shape index (κ3) is 3.34. The van der Waals surface area contributed by atoms with Crippen molar-refractivity contribution >= 4 is 11.6 Å². The second-order valence-electron chi connectivity index (χ2n) is 4.86. The highest BCUT2D eigenvalue weighted by molar-refractivity contribution is 6.22. The van der Waals surface area contributed by atoms with Crippen LogP contribution in [-0.2, 0) is 0 Å². The van der Waals surface area contributed by atoms with Gasteiger partial charge in [0.2, 0.25) is 0 Å². The van der Waals surface area contributed by atoms with Gasteiger partial charge in [0, 0.05) is 23.1 Å². The summed E-state index contributed by atoms with van der Waals surface area (Å²) >= 11 is 0. The van der Waals surface area contributed by atoms with Gasteiger partial charge in [-0.15, -0.1) is 0 Å². The summed E-state index contributed by atoms with van der Waals surface area (Å²) < 4.78 is 0. The highest BCUT2D eigenvalue weighted by atomic mass is 16.1. The van der Waals surface area contributed by atoms with E-state index in [1.54, 1.807) is 30.3 Å². The quantitative estimate of drug-likeness (QED) is 0.602. The van der Waals surface area contributed by atoms with Crippen LogP contribution in [-0.4, -0.2) is 11.6 Å². The topological polar surface area (TPSA) is 34.1 Å². The maximum atomic E-state index is 12.5. The predicted octanol–water partition coefficient (Wildman–Crippen LogP) is 4.46. The molecule has 0 radical (unpaired) electrons. The van der Waals surface area contributed by atoms with E-state index in [2.05, 4.69) is 6.58 Å². The number of carbonyl (C=O) groups excluding carboxylic acids is 2. The van der Waals surface area contributed by atoms with Crippen LogP contribution in [0.5, 0.6) is 0 Å². The number of hydrogen-bond acceptors (Lipinski definition) is 2. The van der Waals surface area contributed by atoms with Gasteiger partial charge in [0.15, 0.2) is 11.6 Å². The molecule has 0 unspecified atom stereocenters. The summed E-state index contributed by atoms with van der Waals surface area (Å²) in [5.74, 6) is -0.0363. The van der Waals surface area contributed by atoms with Crippen molar-refractivity contribution in [3.8, 4) is 0 Å². The molecule has 0 saturated heterocycles. The van der Waals surface area contributed by atoms with Gasteiger partial charge in [-0.05, 0) is 12.0 Å². The van der Waals surface area contributed by atoms with Crippen LogP contribution in [0.3, 0.4) is 0 Å². The number of hydrogen-bond donors (Lipinski definition) is 0. The maximum Gasteiger partial charge on any atom is 0.190 e. The summed E-state index contributed by atoms with van der Waals surface area (Å²) in [6.07, 6.45) is 10.2. The monoisotopic (exact) mass is 278 g/mol. The Kier molecular flexibility index (Phi) is 4.83. The zero-order valence-electron chi connectivity index (χ0n) is 12.1. The second kappa shape index (κ2) is 6.80. The third-order valence-corrected chi connectivity index (χ3v) is 3.44. The van der Waals surface area contributed by atoms with E-state index in [9.17, 15) is 9.59 Å². The molecule has 0 atom stereocenters. The number of ketones is 2. The average molecular weight is 278 g/mol. The van der Waals surface area contributed by atoms with Crippen LogP contribution in [0.15, 0.2) is 72.4 Å². The van der Waals surface area contributed by atoms with E-state index in [4.69, 9.17) is 0 Å². The van der Waals surface area contributed by atoms with Gasteiger partial charge < -0.3 is 0 Å². The lowest BCUT2D eigenvalue weighted by atomic mass is 9.85. The summed E-state index contributed by atoms with van der Waals surface area (Å²) in [6, 6.07) is 7.01. The van der Waals surface area contributed by atoms with Crippen LogP contribution in [0.2, 0.25) is 0 Å². The molecule has 0 amide bonds. The van der Waals surface area contributed by atoms with Crippen LogP contribution in [0, 0.1) is 0 Å². The Balaban J connectivity index is 2.38. The Bertz CT molecular complexity index is 673. The van der Waals surface area contributed by atoms with E-state index in [1.165, 1.54) is 0 Å². The van der Waals surface area contributed by atoms with E-state index in [0.717, 1.165) is 12.0 Å². The van der Waals surface area contributed by atoms with Crippen molar-refractivity contribution in [1.82, 2.24) is 0 Å². The SMILES string of the molecule is C=C\C=C/C=C(/C=C1\CC(=O)c2ccccc2C1=O)CC. The molecule has 1 aromatic carbocycles. The molecule has 2 rings (SSSR count). The van der Waals surface area contributed by atoms with Crippen molar-refractivity contribution in [3.05, 3.63) is 83.5 Å². The molecule has 0 fully saturated rings. The van der Waals surface area contributed by atoms with E-state index in [1.807, 2.05) is 31.2 Å². The molecule has 0 aliphatic heterocycles. The fourth-order valence-corrected chi connectivity index (χ4v) is 2.31. The molecular weight excluding hydrogens is 260 g/mol. The molecule has 0 aromatic heterocycles. The van der Waals surface area contributed by atoms with Crippen molar-refractivity contribution < 1.29 is 9.59 Å². The third-order valence-electron chi connectivity index (χ3n) is 3.44. The van der Waals surface area contributed by atoms with Crippen molar-refractivity contribution in [3.63, 3.8) is 0 Å². The van der Waals surface area contributed by atoms with Gasteiger partial charge in [0.25, 0.3) is 0 Å².